The Bertz CT molecular complexity index is 649. The predicted octanol–water partition coefficient (Wildman–Crippen LogP) is 4.20. The summed E-state index contributed by atoms with van der Waals surface area (Å²) in [4.78, 5) is 12.3. The second kappa shape index (κ2) is 7.82. The third kappa shape index (κ3) is 4.85. The smallest absolute Gasteiger partial charge is 0.261 e. The molecule has 23 heavy (non-hydrogen) atoms. The topological polar surface area (TPSA) is 38.3 Å². The lowest BCUT2D eigenvalue weighted by molar-refractivity contribution is -0.127. The number of ether oxygens (including phenoxy) is 1. The van der Waals surface area contributed by atoms with E-state index in [2.05, 4.69) is 36.5 Å². The summed E-state index contributed by atoms with van der Waals surface area (Å²) in [6.45, 7) is 7.88. The zero-order valence-corrected chi connectivity index (χ0v) is 14.3. The molecule has 0 unspecified atom stereocenters. The van der Waals surface area contributed by atoms with Crippen LogP contribution in [0.3, 0.4) is 0 Å². The molecule has 122 valence electrons. The molecule has 0 aliphatic heterocycles. The van der Waals surface area contributed by atoms with Crippen molar-refractivity contribution in [2.24, 2.45) is 0 Å². The molecule has 2 atom stereocenters. The zero-order chi connectivity index (χ0) is 16.8. The van der Waals surface area contributed by atoms with Crippen LogP contribution < -0.4 is 10.1 Å². The van der Waals surface area contributed by atoms with E-state index in [1.54, 1.807) is 6.92 Å². The molecule has 3 heteroatoms. The second-order valence-corrected chi connectivity index (χ2v) is 5.90. The average Bonchev–Trinajstić information content (AvgIpc) is 2.54. The molecule has 0 aliphatic rings. The fraction of sp³-hybridized carbons (Fsp3) is 0.350. The Morgan fingerprint density at radius 3 is 2.43 bits per heavy atom. The molecule has 3 nitrogen and oxygen atoms in total. The Labute approximate surface area is 138 Å². The van der Waals surface area contributed by atoms with Gasteiger partial charge < -0.3 is 10.1 Å². The summed E-state index contributed by atoms with van der Waals surface area (Å²) in [5, 5.41) is 3.00. The number of nitrogens with one attached hydrogen (secondary N) is 1. The molecule has 0 saturated heterocycles. The maximum absolute atomic E-state index is 12.3. The summed E-state index contributed by atoms with van der Waals surface area (Å²) in [6, 6.07) is 16.0. The number of carbonyl (C=O) groups is 1. The minimum absolute atomic E-state index is 0.0445. The van der Waals surface area contributed by atoms with Gasteiger partial charge in [-0.3, -0.25) is 4.79 Å². The summed E-state index contributed by atoms with van der Waals surface area (Å²) < 4.78 is 5.72. The van der Waals surface area contributed by atoms with Gasteiger partial charge in [-0.1, -0.05) is 43.3 Å². The Morgan fingerprint density at radius 1 is 1.13 bits per heavy atom. The molecule has 0 fully saturated rings. The molecule has 2 rings (SSSR count). The fourth-order valence-electron chi connectivity index (χ4n) is 2.40. The number of rotatable bonds is 6. The van der Waals surface area contributed by atoms with Crippen LogP contribution >= 0.6 is 0 Å². The van der Waals surface area contributed by atoms with E-state index in [9.17, 15) is 4.79 Å². The number of amides is 1. The SMILES string of the molecule is CCc1ccc([C@@H](C)NC(=O)[C@@H](C)Oc2cccc(C)c2)cc1. The lowest BCUT2D eigenvalue weighted by Crippen LogP contribution is -2.37. The van der Waals surface area contributed by atoms with Gasteiger partial charge in [0.1, 0.15) is 5.75 Å². The highest BCUT2D eigenvalue weighted by atomic mass is 16.5. The molecule has 0 aliphatic carbocycles. The molecule has 0 bridgehead atoms. The lowest BCUT2D eigenvalue weighted by atomic mass is 10.0. The van der Waals surface area contributed by atoms with Gasteiger partial charge in [-0.25, -0.2) is 0 Å². The van der Waals surface area contributed by atoms with Crippen LogP contribution in [0.4, 0.5) is 0 Å². The predicted molar refractivity (Wildman–Crippen MR) is 93.6 cm³/mol. The molecule has 0 aromatic heterocycles. The van der Waals surface area contributed by atoms with Crippen molar-refractivity contribution < 1.29 is 9.53 Å². The van der Waals surface area contributed by atoms with E-state index in [0.29, 0.717) is 5.75 Å². The first-order valence-electron chi connectivity index (χ1n) is 8.12. The minimum atomic E-state index is -0.533. The summed E-state index contributed by atoms with van der Waals surface area (Å²) >= 11 is 0. The Kier molecular flexibility index (Phi) is 5.80. The van der Waals surface area contributed by atoms with E-state index in [-0.39, 0.29) is 11.9 Å². The Morgan fingerprint density at radius 2 is 1.83 bits per heavy atom. The summed E-state index contributed by atoms with van der Waals surface area (Å²) in [5.74, 6) is 0.603. The van der Waals surface area contributed by atoms with Crippen LogP contribution in [0.2, 0.25) is 0 Å². The Hall–Kier alpha value is -2.29. The molecule has 2 aromatic rings. The second-order valence-electron chi connectivity index (χ2n) is 5.90. The van der Waals surface area contributed by atoms with Crippen LogP contribution in [0.1, 0.15) is 43.5 Å². The van der Waals surface area contributed by atoms with Crippen LogP contribution in [0.25, 0.3) is 0 Å². The van der Waals surface area contributed by atoms with Crippen molar-refractivity contribution in [1.29, 1.82) is 0 Å². The van der Waals surface area contributed by atoms with Gasteiger partial charge >= 0.3 is 0 Å². The van der Waals surface area contributed by atoms with Crippen LogP contribution in [0.15, 0.2) is 48.5 Å². The summed E-state index contributed by atoms with van der Waals surface area (Å²) in [7, 11) is 0. The summed E-state index contributed by atoms with van der Waals surface area (Å²) in [6.07, 6.45) is 0.483. The van der Waals surface area contributed by atoms with Gasteiger partial charge in [0, 0.05) is 0 Å². The molecule has 0 heterocycles. The van der Waals surface area contributed by atoms with Crippen LogP contribution in [-0.4, -0.2) is 12.0 Å². The maximum Gasteiger partial charge on any atom is 0.261 e. The van der Waals surface area contributed by atoms with Gasteiger partial charge in [0.25, 0.3) is 5.91 Å². The molecule has 1 N–H and O–H groups in total. The van der Waals surface area contributed by atoms with Crippen molar-refractivity contribution in [3.63, 3.8) is 0 Å². The molecular weight excluding hydrogens is 286 g/mol. The van der Waals surface area contributed by atoms with E-state index in [1.165, 1.54) is 5.56 Å². The number of carbonyl (C=O) groups excluding carboxylic acids is 1. The average molecular weight is 311 g/mol. The third-order valence-corrected chi connectivity index (χ3v) is 3.92. The van der Waals surface area contributed by atoms with E-state index in [0.717, 1.165) is 17.5 Å². The monoisotopic (exact) mass is 311 g/mol. The van der Waals surface area contributed by atoms with Crippen molar-refractivity contribution in [1.82, 2.24) is 5.32 Å². The lowest BCUT2D eigenvalue weighted by Gasteiger charge is -2.19. The first-order chi connectivity index (χ1) is 11.0. The van der Waals surface area contributed by atoms with Gasteiger partial charge in [-0.2, -0.15) is 0 Å². The van der Waals surface area contributed by atoms with Gasteiger partial charge in [0.05, 0.1) is 6.04 Å². The van der Waals surface area contributed by atoms with Crippen molar-refractivity contribution in [3.05, 3.63) is 65.2 Å². The van der Waals surface area contributed by atoms with E-state index in [4.69, 9.17) is 4.74 Å². The molecule has 0 spiro atoms. The van der Waals surface area contributed by atoms with E-state index in [1.807, 2.05) is 38.1 Å². The van der Waals surface area contributed by atoms with Gasteiger partial charge in [0.2, 0.25) is 0 Å². The Balaban J connectivity index is 1.94. The first kappa shape index (κ1) is 17.1. The van der Waals surface area contributed by atoms with E-state index >= 15 is 0 Å². The van der Waals surface area contributed by atoms with Gasteiger partial charge in [-0.05, 0) is 56.0 Å². The quantitative estimate of drug-likeness (QED) is 0.868. The zero-order valence-electron chi connectivity index (χ0n) is 14.3. The normalized spacial score (nSPS) is 13.2. The first-order valence-corrected chi connectivity index (χ1v) is 8.12. The molecular formula is C20H25NO2. The number of benzene rings is 2. The molecule has 0 radical (unpaired) electrons. The molecule has 2 aromatic carbocycles. The molecule has 1 amide bonds. The molecule has 0 saturated carbocycles. The minimum Gasteiger partial charge on any atom is -0.481 e. The largest absolute Gasteiger partial charge is 0.481 e. The van der Waals surface area contributed by atoms with Crippen LogP contribution in [0.5, 0.6) is 5.75 Å². The van der Waals surface area contributed by atoms with Crippen molar-refractivity contribution >= 4 is 5.91 Å². The highest BCUT2D eigenvalue weighted by Gasteiger charge is 2.17. The van der Waals surface area contributed by atoms with Gasteiger partial charge in [-0.15, -0.1) is 0 Å². The fourth-order valence-corrected chi connectivity index (χ4v) is 2.40. The van der Waals surface area contributed by atoms with Crippen molar-refractivity contribution in [2.45, 2.75) is 46.3 Å². The van der Waals surface area contributed by atoms with Crippen molar-refractivity contribution in [3.8, 4) is 5.75 Å². The standard InChI is InChI=1S/C20H25NO2/c1-5-17-9-11-18(12-10-17)15(3)21-20(22)16(4)23-19-8-6-7-14(2)13-19/h6-13,15-16H,5H2,1-4H3,(H,21,22)/t15-,16-/m1/s1. The van der Waals surface area contributed by atoms with Crippen molar-refractivity contribution in [2.75, 3.05) is 0 Å². The highest BCUT2D eigenvalue weighted by Crippen LogP contribution is 2.16. The van der Waals surface area contributed by atoms with Crippen LogP contribution in [0, 0.1) is 6.92 Å². The van der Waals surface area contributed by atoms with Crippen LogP contribution in [-0.2, 0) is 11.2 Å². The highest BCUT2D eigenvalue weighted by molar-refractivity contribution is 5.81. The maximum atomic E-state index is 12.3. The third-order valence-electron chi connectivity index (χ3n) is 3.92. The number of aryl methyl sites for hydroxylation is 2. The van der Waals surface area contributed by atoms with E-state index < -0.39 is 6.10 Å². The summed E-state index contributed by atoms with van der Waals surface area (Å²) in [5.41, 5.74) is 3.50. The number of hydrogen-bond donors (Lipinski definition) is 1. The van der Waals surface area contributed by atoms with Gasteiger partial charge in [0.15, 0.2) is 6.10 Å². The number of hydrogen-bond acceptors (Lipinski definition) is 2.